The molecule has 1 aliphatic carbocycles. The van der Waals surface area contributed by atoms with E-state index in [0.29, 0.717) is 34.2 Å². The molecule has 1 N–H and O–H groups in total. The number of aryl methyl sites for hydroxylation is 1. The van der Waals surface area contributed by atoms with Crippen molar-refractivity contribution in [1.82, 2.24) is 0 Å². The van der Waals surface area contributed by atoms with Gasteiger partial charge in [0.1, 0.15) is 12.4 Å². The highest BCUT2D eigenvalue weighted by atomic mass is 35.5. The van der Waals surface area contributed by atoms with Crippen molar-refractivity contribution in [2.24, 2.45) is 10.9 Å². The van der Waals surface area contributed by atoms with E-state index in [1.165, 1.54) is 22.4 Å². The molecule has 0 amide bonds. The zero-order valence-electron chi connectivity index (χ0n) is 21.1. The first-order valence-electron chi connectivity index (χ1n) is 12.9. The summed E-state index contributed by atoms with van der Waals surface area (Å²) in [6, 6.07) is 28.9. The first kappa shape index (κ1) is 24.8. The Hall–Kier alpha value is -3.53. The molecule has 0 bridgehead atoms. The zero-order valence-corrected chi connectivity index (χ0v) is 22.6. The van der Waals surface area contributed by atoms with E-state index >= 15 is 0 Å². The van der Waals surface area contributed by atoms with Crippen molar-refractivity contribution in [3.8, 4) is 5.75 Å². The van der Waals surface area contributed by atoms with Crippen LogP contribution in [0.25, 0.3) is 0 Å². The standard InChI is InChI=1S/C33H28Cl2N2O/c1-21-9-15-31-28(17-21)26-6-4-7-27(26)33(37-31)23-11-13-25(14-12-23)36-19-22-10-16-32(30(35)18-22)38-20-24-5-2-3-8-29(24)34/h2-6,8-19,26-27,33,37H,7,20H2,1H3/t26-,27-,33+/m1/s1. The van der Waals surface area contributed by atoms with Gasteiger partial charge in [0.05, 0.1) is 16.8 Å². The van der Waals surface area contributed by atoms with Crippen molar-refractivity contribution in [3.05, 3.63) is 135 Å². The second kappa shape index (κ2) is 10.7. The van der Waals surface area contributed by atoms with Gasteiger partial charge in [0, 0.05) is 28.4 Å². The summed E-state index contributed by atoms with van der Waals surface area (Å²) < 4.78 is 5.88. The molecule has 0 saturated carbocycles. The van der Waals surface area contributed by atoms with E-state index in [9.17, 15) is 0 Å². The highest BCUT2D eigenvalue weighted by Gasteiger charge is 2.37. The normalized spacial score (nSPS) is 19.7. The van der Waals surface area contributed by atoms with Crippen LogP contribution in [-0.2, 0) is 6.61 Å². The molecule has 0 fully saturated rings. The quantitative estimate of drug-likeness (QED) is 0.196. The van der Waals surface area contributed by atoms with Gasteiger partial charge >= 0.3 is 0 Å². The molecule has 3 atom stereocenters. The number of halogens is 2. The number of hydrogen-bond acceptors (Lipinski definition) is 3. The van der Waals surface area contributed by atoms with E-state index in [1.54, 1.807) is 0 Å². The first-order valence-corrected chi connectivity index (χ1v) is 13.6. The lowest BCUT2D eigenvalue weighted by Crippen LogP contribution is -2.29. The van der Waals surface area contributed by atoms with Crippen molar-refractivity contribution in [2.45, 2.75) is 31.9 Å². The summed E-state index contributed by atoms with van der Waals surface area (Å²) in [5.41, 5.74) is 7.98. The van der Waals surface area contributed by atoms with Gasteiger partial charge in [0.2, 0.25) is 0 Å². The number of hydrogen-bond donors (Lipinski definition) is 1. The van der Waals surface area contributed by atoms with Crippen molar-refractivity contribution in [1.29, 1.82) is 0 Å². The van der Waals surface area contributed by atoms with Crippen molar-refractivity contribution in [3.63, 3.8) is 0 Å². The molecule has 4 aromatic rings. The SMILES string of the molecule is Cc1ccc2c(c1)[C@@H]1C=CC[C@H]1[C@H](c1ccc(N=Cc3ccc(OCc4ccccc4Cl)c(Cl)c3)cc1)N2. The summed E-state index contributed by atoms with van der Waals surface area (Å²) in [5.74, 6) is 1.61. The number of benzene rings is 4. The third-order valence-corrected chi connectivity index (χ3v) is 8.09. The number of nitrogens with one attached hydrogen (secondary N) is 1. The number of ether oxygens (including phenoxy) is 1. The van der Waals surface area contributed by atoms with Gasteiger partial charge in [-0.2, -0.15) is 0 Å². The van der Waals surface area contributed by atoms with E-state index in [-0.39, 0.29) is 6.04 Å². The summed E-state index contributed by atoms with van der Waals surface area (Å²) in [7, 11) is 0. The van der Waals surface area contributed by atoms with Gasteiger partial charge in [-0.15, -0.1) is 0 Å². The van der Waals surface area contributed by atoms with E-state index < -0.39 is 0 Å². The summed E-state index contributed by atoms with van der Waals surface area (Å²) in [4.78, 5) is 4.68. The number of allylic oxidation sites excluding steroid dienone is 2. The largest absolute Gasteiger partial charge is 0.487 e. The fourth-order valence-electron chi connectivity index (χ4n) is 5.45. The maximum atomic E-state index is 6.48. The monoisotopic (exact) mass is 538 g/mol. The van der Waals surface area contributed by atoms with Gasteiger partial charge < -0.3 is 10.1 Å². The van der Waals surface area contributed by atoms with Crippen LogP contribution >= 0.6 is 23.2 Å². The van der Waals surface area contributed by atoms with Gasteiger partial charge in [-0.1, -0.05) is 83.4 Å². The Labute approximate surface area is 233 Å². The molecule has 38 heavy (non-hydrogen) atoms. The Morgan fingerprint density at radius 3 is 2.61 bits per heavy atom. The average Bonchev–Trinajstić information content (AvgIpc) is 3.43. The molecule has 1 heterocycles. The third kappa shape index (κ3) is 5.09. The fraction of sp³-hybridized carbons (Fsp3) is 0.182. The van der Waals surface area contributed by atoms with E-state index in [4.69, 9.17) is 27.9 Å². The predicted molar refractivity (Wildman–Crippen MR) is 158 cm³/mol. The van der Waals surface area contributed by atoms with Gasteiger partial charge in [-0.05, 0) is 78.4 Å². The third-order valence-electron chi connectivity index (χ3n) is 7.43. The Kier molecular flexibility index (Phi) is 6.97. The summed E-state index contributed by atoms with van der Waals surface area (Å²) in [6.07, 6.45) is 7.63. The molecule has 0 aromatic heterocycles. The minimum Gasteiger partial charge on any atom is -0.487 e. The molecular weight excluding hydrogens is 511 g/mol. The Morgan fingerprint density at radius 1 is 0.947 bits per heavy atom. The highest BCUT2D eigenvalue weighted by Crippen LogP contribution is 2.50. The van der Waals surface area contributed by atoms with Crippen LogP contribution in [0.15, 0.2) is 102 Å². The Bertz CT molecular complexity index is 1530. The molecule has 0 unspecified atom stereocenters. The second-order valence-electron chi connectivity index (χ2n) is 9.99. The fourth-order valence-corrected chi connectivity index (χ4v) is 5.88. The smallest absolute Gasteiger partial charge is 0.138 e. The van der Waals surface area contributed by atoms with Crippen LogP contribution in [0.2, 0.25) is 10.0 Å². The number of nitrogens with zero attached hydrogens (tertiary/aromatic N) is 1. The molecule has 2 aliphatic rings. The minimum absolute atomic E-state index is 0.278. The molecule has 3 nitrogen and oxygen atoms in total. The summed E-state index contributed by atoms with van der Waals surface area (Å²) in [6.45, 7) is 2.52. The highest BCUT2D eigenvalue weighted by molar-refractivity contribution is 6.32. The molecule has 0 saturated heterocycles. The molecule has 1 aliphatic heterocycles. The average molecular weight is 540 g/mol. The van der Waals surface area contributed by atoms with Crippen molar-refractivity contribution < 1.29 is 4.74 Å². The van der Waals surface area contributed by atoms with E-state index in [2.05, 4.69) is 71.8 Å². The van der Waals surface area contributed by atoms with Gasteiger partial charge in [0.15, 0.2) is 0 Å². The summed E-state index contributed by atoms with van der Waals surface area (Å²) >= 11 is 12.7. The minimum atomic E-state index is 0.278. The van der Waals surface area contributed by atoms with Crippen LogP contribution in [0.5, 0.6) is 5.75 Å². The maximum Gasteiger partial charge on any atom is 0.138 e. The Balaban J connectivity index is 1.13. The lowest BCUT2D eigenvalue weighted by atomic mass is 9.76. The molecule has 4 aromatic carbocycles. The van der Waals surface area contributed by atoms with Crippen molar-refractivity contribution >= 4 is 40.8 Å². The molecule has 0 spiro atoms. The van der Waals surface area contributed by atoms with E-state index in [0.717, 1.165) is 23.2 Å². The van der Waals surface area contributed by atoms with Crippen LogP contribution in [0.4, 0.5) is 11.4 Å². The molecule has 5 heteroatoms. The summed E-state index contributed by atoms with van der Waals surface area (Å²) in [5, 5.41) is 5.03. The molecular formula is C33H28Cl2N2O. The van der Waals surface area contributed by atoms with Crippen LogP contribution < -0.4 is 10.1 Å². The van der Waals surface area contributed by atoms with Gasteiger partial charge in [0.25, 0.3) is 0 Å². The second-order valence-corrected chi connectivity index (χ2v) is 10.8. The maximum absolute atomic E-state index is 6.48. The first-order chi connectivity index (χ1) is 18.5. The van der Waals surface area contributed by atoms with Crippen LogP contribution in [0.3, 0.4) is 0 Å². The number of aliphatic imine (C=N–C) groups is 1. The molecule has 0 radical (unpaired) electrons. The lowest BCUT2D eigenvalue weighted by Gasteiger charge is -2.37. The predicted octanol–water partition coefficient (Wildman–Crippen LogP) is 9.46. The number of fused-ring (bicyclic) bond motifs is 3. The number of rotatable bonds is 6. The topological polar surface area (TPSA) is 33.6 Å². The van der Waals surface area contributed by atoms with Gasteiger partial charge in [-0.3, -0.25) is 4.99 Å². The molecule has 6 rings (SSSR count). The molecule has 190 valence electrons. The van der Waals surface area contributed by atoms with Gasteiger partial charge in [-0.25, -0.2) is 0 Å². The zero-order chi connectivity index (χ0) is 26.1. The van der Waals surface area contributed by atoms with Crippen LogP contribution in [0, 0.1) is 12.8 Å². The number of anilines is 1. The van der Waals surface area contributed by atoms with Crippen LogP contribution in [0.1, 0.15) is 46.2 Å². The van der Waals surface area contributed by atoms with Crippen molar-refractivity contribution in [2.75, 3.05) is 5.32 Å². The van der Waals surface area contributed by atoms with Crippen LogP contribution in [-0.4, -0.2) is 6.21 Å². The lowest BCUT2D eigenvalue weighted by molar-refractivity contribution is 0.306. The van der Waals surface area contributed by atoms with E-state index in [1.807, 2.05) is 48.7 Å². The Morgan fingerprint density at radius 2 is 1.79 bits per heavy atom.